The topological polar surface area (TPSA) is 140 Å². The van der Waals surface area contributed by atoms with Crippen molar-refractivity contribution in [2.45, 2.75) is 31.0 Å². The van der Waals surface area contributed by atoms with Gasteiger partial charge in [0.1, 0.15) is 34.7 Å². The van der Waals surface area contributed by atoms with E-state index in [2.05, 4.69) is 25.1 Å². The third kappa shape index (κ3) is 5.68. The van der Waals surface area contributed by atoms with E-state index in [0.717, 1.165) is 5.69 Å². The molecule has 0 spiro atoms. The number of aryl methyl sites for hydroxylation is 1. The number of pyridine rings is 1. The number of hydrogen-bond acceptors (Lipinski definition) is 11. The molecule has 0 amide bonds. The summed E-state index contributed by atoms with van der Waals surface area (Å²) in [5.74, 6) is 1.55. The van der Waals surface area contributed by atoms with Crippen LogP contribution in [-0.2, 0) is 20.3 Å². The van der Waals surface area contributed by atoms with Crippen LogP contribution in [0.4, 0.5) is 0 Å². The summed E-state index contributed by atoms with van der Waals surface area (Å²) in [6.45, 7) is 3.40. The zero-order chi connectivity index (χ0) is 28.2. The Morgan fingerprint density at radius 1 is 0.897 bits per heavy atom. The first-order chi connectivity index (χ1) is 18.7. The van der Waals surface area contributed by atoms with Gasteiger partial charge in [-0.15, -0.1) is 10.2 Å². The molecule has 0 aliphatic rings. The van der Waals surface area contributed by atoms with Gasteiger partial charge in [-0.2, -0.15) is 0 Å². The predicted octanol–water partition coefficient (Wildman–Crippen LogP) is 3.14. The van der Waals surface area contributed by atoms with E-state index in [9.17, 15) is 8.42 Å². The maximum atomic E-state index is 13.8. The second-order valence-corrected chi connectivity index (χ2v) is 11.0. The Balaban J connectivity index is 1.82. The van der Waals surface area contributed by atoms with Crippen molar-refractivity contribution in [2.24, 2.45) is 0 Å². The summed E-state index contributed by atoms with van der Waals surface area (Å²) < 4.78 is 51.0. The smallest absolute Gasteiger partial charge is 0.187 e. The van der Waals surface area contributed by atoms with Crippen LogP contribution in [0.1, 0.15) is 30.4 Å². The van der Waals surface area contributed by atoms with Crippen molar-refractivity contribution in [2.75, 3.05) is 28.4 Å². The largest absolute Gasteiger partial charge is 0.494 e. The Hall–Kier alpha value is -4.10. The van der Waals surface area contributed by atoms with Gasteiger partial charge in [0.05, 0.1) is 39.0 Å². The van der Waals surface area contributed by atoms with Gasteiger partial charge in [0, 0.05) is 12.8 Å². The fourth-order valence-corrected chi connectivity index (χ4v) is 5.53. The first-order valence-corrected chi connectivity index (χ1v) is 13.7. The van der Waals surface area contributed by atoms with Gasteiger partial charge >= 0.3 is 0 Å². The molecule has 0 aliphatic carbocycles. The fraction of sp³-hybridized carbons (Fsp3) is 0.346. The number of para-hydroxylation sites is 1. The molecule has 39 heavy (non-hydrogen) atoms. The second kappa shape index (κ2) is 11.7. The lowest BCUT2D eigenvalue weighted by molar-refractivity contribution is 0.0946. The highest BCUT2D eigenvalue weighted by Gasteiger charge is 2.35. The highest BCUT2D eigenvalue weighted by Crippen LogP contribution is 2.37. The molecule has 0 N–H and O–H groups in total. The predicted molar refractivity (Wildman–Crippen MR) is 143 cm³/mol. The van der Waals surface area contributed by atoms with E-state index in [1.807, 2.05) is 19.1 Å². The highest BCUT2D eigenvalue weighted by atomic mass is 32.2. The number of ether oxygens (including phenoxy) is 4. The molecule has 1 aromatic carbocycles. The molecule has 0 aliphatic heterocycles. The van der Waals surface area contributed by atoms with Gasteiger partial charge in [0.15, 0.2) is 33.1 Å². The summed E-state index contributed by atoms with van der Waals surface area (Å²) in [5.41, 5.74) is 1.72. The van der Waals surface area contributed by atoms with Crippen LogP contribution < -0.4 is 14.2 Å². The molecule has 0 radical (unpaired) electrons. The van der Waals surface area contributed by atoms with Crippen LogP contribution in [0.3, 0.4) is 0 Å². The zero-order valence-electron chi connectivity index (χ0n) is 22.5. The van der Waals surface area contributed by atoms with Gasteiger partial charge < -0.3 is 18.9 Å². The summed E-state index contributed by atoms with van der Waals surface area (Å²) in [6, 6.07) is 10.7. The van der Waals surface area contributed by atoms with Crippen LogP contribution in [-0.4, -0.2) is 71.8 Å². The third-order valence-electron chi connectivity index (χ3n) is 6.19. The van der Waals surface area contributed by atoms with E-state index < -0.39 is 26.9 Å². The summed E-state index contributed by atoms with van der Waals surface area (Å²) in [6.07, 6.45) is 1.98. The minimum Gasteiger partial charge on any atom is -0.494 e. The molecule has 12 nitrogen and oxygen atoms in total. The molecule has 0 fully saturated rings. The summed E-state index contributed by atoms with van der Waals surface area (Å²) >= 11 is 0. The SMILES string of the molecule is COc1cnc([C@@H](OC)[C@@H](C)S(=O)(=O)Cc2nnc(-c3cccc(C)n3)n2-c2c(OC)cccc2OC)nc1. The molecule has 13 heteroatoms. The lowest BCUT2D eigenvalue weighted by Crippen LogP contribution is -2.30. The van der Waals surface area contributed by atoms with E-state index in [0.29, 0.717) is 34.5 Å². The van der Waals surface area contributed by atoms with Crippen LogP contribution in [0.5, 0.6) is 17.2 Å². The first-order valence-electron chi connectivity index (χ1n) is 11.9. The van der Waals surface area contributed by atoms with Crippen molar-refractivity contribution in [3.63, 3.8) is 0 Å². The number of aromatic nitrogens is 6. The Morgan fingerprint density at radius 2 is 1.54 bits per heavy atom. The first kappa shape index (κ1) is 27.9. The Morgan fingerprint density at radius 3 is 2.10 bits per heavy atom. The normalized spacial score (nSPS) is 13.1. The lowest BCUT2D eigenvalue weighted by Gasteiger charge is -2.22. The van der Waals surface area contributed by atoms with Crippen molar-refractivity contribution in [3.05, 3.63) is 66.1 Å². The molecule has 4 rings (SSSR count). The van der Waals surface area contributed by atoms with Crippen molar-refractivity contribution in [1.29, 1.82) is 0 Å². The molecule has 3 heterocycles. The average Bonchev–Trinajstić information content (AvgIpc) is 3.35. The minimum atomic E-state index is -3.90. The van der Waals surface area contributed by atoms with Crippen molar-refractivity contribution in [1.82, 2.24) is 29.7 Å². The number of nitrogens with zero attached hydrogens (tertiary/aromatic N) is 6. The molecular formula is C26H30N6O6S. The van der Waals surface area contributed by atoms with E-state index >= 15 is 0 Å². The number of rotatable bonds is 11. The zero-order valence-corrected chi connectivity index (χ0v) is 23.3. The number of benzene rings is 1. The van der Waals surface area contributed by atoms with Crippen molar-refractivity contribution >= 4 is 9.84 Å². The standard InChI is InChI=1S/C26H30N6O6S/c1-16-9-7-10-19(29-16)26-31-30-22(32(26)23-20(36-4)11-8-12-21(23)37-5)15-39(33,34)17(2)24(38-6)25-27-13-18(35-3)14-28-25/h7-14,17,24H,15H2,1-6H3/t17-,24+/m1/s1. The van der Waals surface area contributed by atoms with E-state index in [-0.39, 0.29) is 11.6 Å². The second-order valence-electron chi connectivity index (χ2n) is 8.60. The van der Waals surface area contributed by atoms with Gasteiger partial charge in [0.2, 0.25) is 0 Å². The van der Waals surface area contributed by atoms with Crippen LogP contribution >= 0.6 is 0 Å². The molecule has 0 bridgehead atoms. The summed E-state index contributed by atoms with van der Waals surface area (Å²) in [7, 11) is 2.04. The van der Waals surface area contributed by atoms with E-state index in [4.69, 9.17) is 18.9 Å². The molecule has 4 aromatic rings. The minimum absolute atomic E-state index is 0.147. The summed E-state index contributed by atoms with van der Waals surface area (Å²) in [5, 5.41) is 7.61. The Kier molecular flexibility index (Phi) is 8.41. The van der Waals surface area contributed by atoms with E-state index in [1.165, 1.54) is 40.8 Å². The molecular weight excluding hydrogens is 524 g/mol. The molecule has 0 saturated carbocycles. The number of hydrogen-bond donors (Lipinski definition) is 0. The molecule has 2 atom stereocenters. The molecule has 0 unspecified atom stereocenters. The molecule has 3 aromatic heterocycles. The maximum Gasteiger partial charge on any atom is 0.187 e. The fourth-order valence-electron chi connectivity index (χ4n) is 4.12. The van der Waals surface area contributed by atoms with Crippen LogP contribution in [0.2, 0.25) is 0 Å². The summed E-state index contributed by atoms with van der Waals surface area (Å²) in [4.78, 5) is 13.0. The van der Waals surface area contributed by atoms with Crippen molar-refractivity contribution in [3.8, 4) is 34.5 Å². The van der Waals surface area contributed by atoms with Crippen LogP contribution in [0.25, 0.3) is 17.2 Å². The molecule has 0 saturated heterocycles. The third-order valence-corrected chi connectivity index (χ3v) is 8.23. The molecule has 206 valence electrons. The lowest BCUT2D eigenvalue weighted by atomic mass is 10.2. The number of methoxy groups -OCH3 is 4. The van der Waals surface area contributed by atoms with Gasteiger partial charge in [-0.3, -0.25) is 4.57 Å². The van der Waals surface area contributed by atoms with Crippen LogP contribution in [0, 0.1) is 6.92 Å². The Bertz CT molecular complexity index is 1520. The van der Waals surface area contributed by atoms with Gasteiger partial charge in [-0.1, -0.05) is 12.1 Å². The van der Waals surface area contributed by atoms with Crippen molar-refractivity contribution < 1.29 is 27.4 Å². The van der Waals surface area contributed by atoms with Gasteiger partial charge in [-0.05, 0) is 38.1 Å². The van der Waals surface area contributed by atoms with Crippen LogP contribution in [0.15, 0.2) is 48.8 Å². The monoisotopic (exact) mass is 554 g/mol. The maximum absolute atomic E-state index is 13.8. The van der Waals surface area contributed by atoms with Gasteiger partial charge in [-0.25, -0.2) is 23.4 Å². The van der Waals surface area contributed by atoms with Gasteiger partial charge in [0.25, 0.3) is 0 Å². The Labute approximate surface area is 226 Å². The quantitative estimate of drug-likeness (QED) is 0.270. The average molecular weight is 555 g/mol. The van der Waals surface area contributed by atoms with E-state index in [1.54, 1.807) is 35.8 Å². The number of sulfone groups is 1. The highest BCUT2D eigenvalue weighted by molar-refractivity contribution is 7.91.